The summed E-state index contributed by atoms with van der Waals surface area (Å²) in [5.74, 6) is 1.84. The van der Waals surface area contributed by atoms with E-state index in [1.165, 1.54) is 39.2 Å². The van der Waals surface area contributed by atoms with Gasteiger partial charge in [-0.1, -0.05) is 12.8 Å². The molecule has 0 bridgehead atoms. The standard InChI is InChI=1S/C31H43N9O6.2ClH/c1-44-25-15-19(24(40(42)43)16-26(25)45-2)17-46-31(41)38-13-11-22(12-14-38)34-28-27-29(39(18-33-27)23-5-3-4-6-23)37-30(36-28)35-21-9-7-20(32)8-10-21;;/h15-16,18,20-23H,3-14,17,32H2,1-2H3,(H2,34,35,36,37);2*1H. The van der Waals surface area contributed by atoms with Crippen LogP contribution >= 0.6 is 24.8 Å². The maximum atomic E-state index is 13.0. The summed E-state index contributed by atoms with van der Waals surface area (Å²) in [6.07, 6.45) is 11.3. The van der Waals surface area contributed by atoms with Crippen molar-refractivity contribution in [3.8, 4) is 11.5 Å². The number of piperidine rings is 1. The number of hydrogen-bond acceptors (Lipinski definition) is 12. The predicted molar refractivity (Wildman–Crippen MR) is 186 cm³/mol. The second-order valence-corrected chi connectivity index (χ2v) is 12.5. The summed E-state index contributed by atoms with van der Waals surface area (Å²) in [5, 5.41) is 18.8. The second-order valence-electron chi connectivity index (χ2n) is 12.5. The van der Waals surface area contributed by atoms with Crippen LogP contribution in [0.25, 0.3) is 11.2 Å². The molecule has 1 aromatic carbocycles. The molecule has 2 aliphatic carbocycles. The van der Waals surface area contributed by atoms with Crippen LogP contribution in [0.15, 0.2) is 18.5 Å². The first-order valence-corrected chi connectivity index (χ1v) is 16.2. The maximum absolute atomic E-state index is 13.0. The molecule has 0 spiro atoms. The third kappa shape index (κ3) is 8.24. The molecule has 1 amide bonds. The average molecular weight is 711 g/mol. The fraction of sp³-hybridized carbons (Fsp3) is 0.613. The number of carbonyl (C=O) groups is 1. The SMILES string of the molecule is COc1cc(COC(=O)N2CCC(Nc3nc(NC4CCC(N)CC4)nc4c3ncn4C3CCCC3)CC2)c([N+](=O)[O-])cc1OC.Cl.Cl. The molecule has 17 heteroatoms. The number of nitrogens with two attached hydrogens (primary N) is 1. The average Bonchev–Trinajstić information content (AvgIpc) is 3.75. The van der Waals surface area contributed by atoms with Gasteiger partial charge in [-0.15, -0.1) is 24.8 Å². The molecule has 1 aliphatic heterocycles. The molecule has 3 fully saturated rings. The topological polar surface area (TPSA) is 185 Å². The van der Waals surface area contributed by atoms with Crippen molar-refractivity contribution in [2.45, 2.75) is 95.0 Å². The third-order valence-electron chi connectivity index (χ3n) is 9.47. The van der Waals surface area contributed by atoms with E-state index in [2.05, 4.69) is 15.2 Å². The van der Waals surface area contributed by atoms with Crippen molar-refractivity contribution in [1.29, 1.82) is 0 Å². The summed E-state index contributed by atoms with van der Waals surface area (Å²) >= 11 is 0. The van der Waals surface area contributed by atoms with E-state index in [0.717, 1.165) is 49.7 Å². The van der Waals surface area contributed by atoms with Gasteiger partial charge in [0.25, 0.3) is 5.69 Å². The van der Waals surface area contributed by atoms with Crippen molar-refractivity contribution in [3.63, 3.8) is 0 Å². The Morgan fingerprint density at radius 3 is 2.25 bits per heavy atom. The van der Waals surface area contributed by atoms with Crippen LogP contribution in [0.4, 0.5) is 22.2 Å². The Morgan fingerprint density at radius 1 is 0.958 bits per heavy atom. The Labute approximate surface area is 291 Å². The maximum Gasteiger partial charge on any atom is 0.410 e. The minimum absolute atomic E-state index is 0. The molecule has 264 valence electrons. The minimum atomic E-state index is -0.533. The number of halogens is 2. The Hall–Kier alpha value is -3.82. The van der Waals surface area contributed by atoms with Gasteiger partial charge in [-0.25, -0.2) is 9.78 Å². The minimum Gasteiger partial charge on any atom is -0.493 e. The number of nitro groups is 1. The van der Waals surface area contributed by atoms with Crippen LogP contribution < -0.4 is 25.8 Å². The summed E-state index contributed by atoms with van der Waals surface area (Å²) in [7, 11) is 2.84. The lowest BCUT2D eigenvalue weighted by molar-refractivity contribution is -0.385. The number of ether oxygens (including phenoxy) is 3. The largest absolute Gasteiger partial charge is 0.493 e. The number of nitrogens with one attached hydrogen (secondary N) is 2. The summed E-state index contributed by atoms with van der Waals surface area (Å²) in [6, 6.07) is 3.72. The third-order valence-corrected chi connectivity index (χ3v) is 9.47. The molecule has 3 aliphatic rings. The number of carbonyl (C=O) groups excluding carboxylic acids is 1. The zero-order valence-corrected chi connectivity index (χ0v) is 28.9. The highest BCUT2D eigenvalue weighted by Crippen LogP contribution is 2.36. The van der Waals surface area contributed by atoms with Crippen LogP contribution in [-0.2, 0) is 11.3 Å². The monoisotopic (exact) mass is 709 g/mol. The Morgan fingerprint density at radius 2 is 1.60 bits per heavy atom. The van der Waals surface area contributed by atoms with E-state index in [0.29, 0.717) is 49.5 Å². The Kier molecular flexibility index (Phi) is 12.7. The Balaban J connectivity index is 0.00000260. The van der Waals surface area contributed by atoms with E-state index in [1.807, 2.05) is 6.33 Å². The van der Waals surface area contributed by atoms with Crippen molar-refractivity contribution in [2.24, 2.45) is 5.73 Å². The van der Waals surface area contributed by atoms with E-state index in [4.69, 9.17) is 34.9 Å². The molecular formula is C31H45Cl2N9O6. The van der Waals surface area contributed by atoms with Crippen molar-refractivity contribution in [2.75, 3.05) is 37.9 Å². The molecule has 3 heterocycles. The van der Waals surface area contributed by atoms with Crippen LogP contribution in [0.3, 0.4) is 0 Å². The quantitative estimate of drug-likeness (QED) is 0.175. The van der Waals surface area contributed by atoms with Crippen LogP contribution in [0.1, 0.15) is 75.8 Å². The summed E-state index contributed by atoms with van der Waals surface area (Å²) < 4.78 is 18.2. The lowest BCUT2D eigenvalue weighted by Crippen LogP contribution is -2.42. The van der Waals surface area contributed by atoms with E-state index < -0.39 is 11.0 Å². The van der Waals surface area contributed by atoms with E-state index in [-0.39, 0.29) is 66.5 Å². The summed E-state index contributed by atoms with van der Waals surface area (Å²) in [6.45, 7) is 0.657. The molecule has 15 nitrogen and oxygen atoms in total. The van der Waals surface area contributed by atoms with Gasteiger partial charge in [-0.05, 0) is 57.4 Å². The molecular weight excluding hydrogens is 665 g/mol. The molecule has 0 atom stereocenters. The number of nitrogens with zero attached hydrogens (tertiary/aromatic N) is 6. The van der Waals surface area contributed by atoms with Gasteiger partial charge >= 0.3 is 6.09 Å². The molecule has 48 heavy (non-hydrogen) atoms. The first-order valence-electron chi connectivity index (χ1n) is 16.2. The van der Waals surface area contributed by atoms with Gasteiger partial charge in [0, 0.05) is 37.3 Å². The number of rotatable bonds is 10. The highest BCUT2D eigenvalue weighted by Gasteiger charge is 2.28. The lowest BCUT2D eigenvalue weighted by Gasteiger charge is -2.32. The van der Waals surface area contributed by atoms with Gasteiger partial charge in [0.15, 0.2) is 28.5 Å². The van der Waals surface area contributed by atoms with Gasteiger partial charge < -0.3 is 40.0 Å². The first-order chi connectivity index (χ1) is 22.3. The molecule has 1 saturated heterocycles. The van der Waals surface area contributed by atoms with Gasteiger partial charge in [0.2, 0.25) is 5.95 Å². The van der Waals surface area contributed by atoms with Crippen molar-refractivity contribution in [1.82, 2.24) is 24.4 Å². The molecule has 4 N–H and O–H groups in total. The fourth-order valence-corrected chi connectivity index (χ4v) is 6.80. The zero-order valence-electron chi connectivity index (χ0n) is 27.3. The van der Waals surface area contributed by atoms with Gasteiger partial charge in [0.1, 0.15) is 6.61 Å². The van der Waals surface area contributed by atoms with E-state index in [1.54, 1.807) is 4.90 Å². The fourth-order valence-electron chi connectivity index (χ4n) is 6.80. The molecule has 0 unspecified atom stereocenters. The number of imidazole rings is 1. The number of anilines is 2. The summed E-state index contributed by atoms with van der Waals surface area (Å²) in [4.78, 5) is 40.3. The normalized spacial score (nSPS) is 20.0. The number of hydrogen-bond donors (Lipinski definition) is 3. The second kappa shape index (κ2) is 16.5. The number of amides is 1. The number of likely N-dealkylation sites (tertiary alicyclic amines) is 1. The molecule has 3 aromatic rings. The van der Waals surface area contributed by atoms with E-state index in [9.17, 15) is 14.9 Å². The number of benzene rings is 1. The van der Waals surface area contributed by atoms with Crippen LogP contribution in [0.2, 0.25) is 0 Å². The number of fused-ring (bicyclic) bond motifs is 1. The number of nitro benzene ring substituents is 1. The van der Waals surface area contributed by atoms with Crippen molar-refractivity contribution < 1.29 is 23.9 Å². The molecule has 6 rings (SSSR count). The van der Waals surface area contributed by atoms with Crippen molar-refractivity contribution in [3.05, 3.63) is 34.1 Å². The van der Waals surface area contributed by atoms with Gasteiger partial charge in [0.05, 0.1) is 37.1 Å². The number of aromatic nitrogens is 4. The van der Waals surface area contributed by atoms with Crippen LogP contribution in [-0.4, -0.2) is 80.9 Å². The molecule has 0 radical (unpaired) electrons. The highest BCUT2D eigenvalue weighted by molar-refractivity contribution is 5.86. The predicted octanol–water partition coefficient (Wildman–Crippen LogP) is 5.61. The van der Waals surface area contributed by atoms with Crippen LogP contribution in [0, 0.1) is 10.1 Å². The molecule has 2 aromatic heterocycles. The van der Waals surface area contributed by atoms with Crippen molar-refractivity contribution >= 4 is 59.5 Å². The van der Waals surface area contributed by atoms with Gasteiger partial charge in [-0.2, -0.15) is 9.97 Å². The zero-order chi connectivity index (χ0) is 32.2. The van der Waals surface area contributed by atoms with Gasteiger partial charge in [-0.3, -0.25) is 10.1 Å². The van der Waals surface area contributed by atoms with E-state index >= 15 is 0 Å². The smallest absolute Gasteiger partial charge is 0.410 e. The Bertz CT molecular complexity index is 1550. The number of methoxy groups -OCH3 is 2. The highest BCUT2D eigenvalue weighted by atomic mass is 35.5. The van der Waals surface area contributed by atoms with Crippen LogP contribution in [0.5, 0.6) is 11.5 Å². The molecule has 2 saturated carbocycles. The first kappa shape index (κ1) is 37.0. The lowest BCUT2D eigenvalue weighted by atomic mass is 9.92. The summed E-state index contributed by atoms with van der Waals surface area (Å²) in [5.41, 5.74) is 7.73.